The van der Waals surface area contributed by atoms with E-state index < -0.39 is 0 Å². The third-order valence-electron chi connectivity index (χ3n) is 5.56. The lowest BCUT2D eigenvalue weighted by Crippen LogP contribution is -2.52. The molecule has 1 saturated heterocycles. The van der Waals surface area contributed by atoms with E-state index in [9.17, 15) is 5.11 Å². The van der Waals surface area contributed by atoms with E-state index >= 15 is 0 Å². The summed E-state index contributed by atoms with van der Waals surface area (Å²) in [6.45, 7) is 6.95. The normalized spacial score (nSPS) is 34.4. The van der Waals surface area contributed by atoms with Crippen molar-refractivity contribution in [2.75, 3.05) is 39.9 Å². The monoisotopic (exact) mass is 298 g/mol. The summed E-state index contributed by atoms with van der Waals surface area (Å²) in [4.78, 5) is 2.55. The zero-order chi connectivity index (χ0) is 15.1. The lowest BCUT2D eigenvalue weighted by Gasteiger charge is -2.37. The highest BCUT2D eigenvalue weighted by Gasteiger charge is 2.41. The van der Waals surface area contributed by atoms with Crippen LogP contribution in [0.15, 0.2) is 0 Å². The summed E-state index contributed by atoms with van der Waals surface area (Å²) < 4.78 is 5.51. The number of hydrogen-bond acceptors (Lipinski definition) is 4. The predicted octanol–water partition coefficient (Wildman–Crippen LogP) is 2.02. The molecule has 1 aliphatic carbocycles. The molecule has 0 aromatic rings. The average Bonchev–Trinajstić information content (AvgIpc) is 2.94. The molecule has 0 aromatic carbocycles. The predicted molar refractivity (Wildman–Crippen MR) is 86.5 cm³/mol. The standard InChI is InChI=1S/C17H34N2O2/c1-3-10-18-17(14-20)9-4-6-15(17)8-12-19-11-5-7-16(13-19)21-2/h15-16,18,20H,3-14H2,1-2H3. The third-order valence-corrected chi connectivity index (χ3v) is 5.56. The fraction of sp³-hybridized carbons (Fsp3) is 1.00. The Balaban J connectivity index is 1.83. The molecule has 3 unspecified atom stereocenters. The Morgan fingerprint density at radius 1 is 1.33 bits per heavy atom. The zero-order valence-corrected chi connectivity index (χ0v) is 13.9. The fourth-order valence-electron chi connectivity index (χ4n) is 4.18. The van der Waals surface area contributed by atoms with Gasteiger partial charge in [-0.25, -0.2) is 0 Å². The number of aliphatic hydroxyl groups excluding tert-OH is 1. The number of nitrogens with one attached hydrogen (secondary N) is 1. The summed E-state index contributed by atoms with van der Waals surface area (Å²) in [5.74, 6) is 0.622. The van der Waals surface area contributed by atoms with Crippen LogP contribution < -0.4 is 5.32 Å². The minimum Gasteiger partial charge on any atom is -0.394 e. The van der Waals surface area contributed by atoms with Crippen LogP contribution in [-0.4, -0.2) is 61.5 Å². The molecule has 0 spiro atoms. The summed E-state index contributed by atoms with van der Waals surface area (Å²) >= 11 is 0. The van der Waals surface area contributed by atoms with E-state index in [4.69, 9.17) is 4.74 Å². The van der Waals surface area contributed by atoms with Gasteiger partial charge in [0.05, 0.1) is 12.7 Å². The van der Waals surface area contributed by atoms with Crippen LogP contribution in [0.25, 0.3) is 0 Å². The Morgan fingerprint density at radius 2 is 2.19 bits per heavy atom. The number of nitrogens with zero attached hydrogens (tertiary/aromatic N) is 1. The van der Waals surface area contributed by atoms with Gasteiger partial charge in [-0.3, -0.25) is 0 Å². The summed E-state index contributed by atoms with van der Waals surface area (Å²) in [5.41, 5.74) is -0.00749. The minimum atomic E-state index is -0.00749. The van der Waals surface area contributed by atoms with E-state index in [2.05, 4.69) is 17.1 Å². The van der Waals surface area contributed by atoms with Crippen LogP contribution in [0.1, 0.15) is 51.9 Å². The van der Waals surface area contributed by atoms with Crippen molar-refractivity contribution in [3.8, 4) is 0 Å². The summed E-state index contributed by atoms with van der Waals surface area (Å²) in [6.07, 6.45) is 8.86. The molecular formula is C17H34N2O2. The molecular weight excluding hydrogens is 264 g/mol. The maximum atomic E-state index is 9.93. The molecule has 0 aromatic heterocycles. The van der Waals surface area contributed by atoms with Crippen LogP contribution in [0, 0.1) is 5.92 Å². The molecule has 1 aliphatic heterocycles. The second kappa shape index (κ2) is 8.47. The van der Waals surface area contributed by atoms with Crippen molar-refractivity contribution in [1.82, 2.24) is 10.2 Å². The molecule has 0 radical (unpaired) electrons. The molecule has 2 fully saturated rings. The quantitative estimate of drug-likeness (QED) is 0.719. The van der Waals surface area contributed by atoms with E-state index in [-0.39, 0.29) is 5.54 Å². The number of likely N-dealkylation sites (tertiary alicyclic amines) is 1. The van der Waals surface area contributed by atoms with Gasteiger partial charge in [-0.05, 0) is 64.1 Å². The number of rotatable bonds is 8. The van der Waals surface area contributed by atoms with Crippen LogP contribution in [0.5, 0.6) is 0 Å². The van der Waals surface area contributed by atoms with Crippen LogP contribution in [-0.2, 0) is 4.74 Å². The first-order chi connectivity index (χ1) is 10.2. The van der Waals surface area contributed by atoms with Gasteiger partial charge in [0.1, 0.15) is 0 Å². The molecule has 4 nitrogen and oxygen atoms in total. The fourth-order valence-corrected chi connectivity index (χ4v) is 4.18. The molecule has 2 rings (SSSR count). The first-order valence-electron chi connectivity index (χ1n) is 8.85. The molecule has 4 heteroatoms. The molecule has 2 aliphatic rings. The highest BCUT2D eigenvalue weighted by molar-refractivity contribution is 4.99. The van der Waals surface area contributed by atoms with Gasteiger partial charge in [-0.2, -0.15) is 0 Å². The summed E-state index contributed by atoms with van der Waals surface area (Å²) in [7, 11) is 1.83. The highest BCUT2D eigenvalue weighted by atomic mass is 16.5. The van der Waals surface area contributed by atoms with E-state index in [0.717, 1.165) is 32.5 Å². The van der Waals surface area contributed by atoms with Crippen molar-refractivity contribution < 1.29 is 9.84 Å². The first-order valence-corrected chi connectivity index (χ1v) is 8.85. The second-order valence-corrected chi connectivity index (χ2v) is 6.92. The van der Waals surface area contributed by atoms with Crippen molar-refractivity contribution in [2.24, 2.45) is 5.92 Å². The number of piperidine rings is 1. The number of methoxy groups -OCH3 is 1. The highest BCUT2D eigenvalue weighted by Crippen LogP contribution is 2.38. The van der Waals surface area contributed by atoms with Crippen molar-refractivity contribution in [3.63, 3.8) is 0 Å². The third kappa shape index (κ3) is 4.41. The van der Waals surface area contributed by atoms with Gasteiger partial charge in [0, 0.05) is 19.2 Å². The number of ether oxygens (including phenoxy) is 1. The topological polar surface area (TPSA) is 44.7 Å². The van der Waals surface area contributed by atoms with E-state index in [1.807, 2.05) is 7.11 Å². The molecule has 21 heavy (non-hydrogen) atoms. The van der Waals surface area contributed by atoms with E-state index in [1.54, 1.807) is 0 Å². The van der Waals surface area contributed by atoms with Crippen molar-refractivity contribution in [2.45, 2.75) is 63.5 Å². The number of hydrogen-bond donors (Lipinski definition) is 2. The Labute approximate surface area is 130 Å². The Kier molecular flexibility index (Phi) is 6.93. The van der Waals surface area contributed by atoms with E-state index in [0.29, 0.717) is 18.6 Å². The van der Waals surface area contributed by atoms with Crippen molar-refractivity contribution in [1.29, 1.82) is 0 Å². The van der Waals surface area contributed by atoms with Crippen LogP contribution in [0.3, 0.4) is 0 Å². The van der Waals surface area contributed by atoms with Gasteiger partial charge in [-0.15, -0.1) is 0 Å². The van der Waals surface area contributed by atoms with Gasteiger partial charge in [0.25, 0.3) is 0 Å². The van der Waals surface area contributed by atoms with Crippen LogP contribution in [0.4, 0.5) is 0 Å². The maximum Gasteiger partial charge on any atom is 0.0698 e. The lowest BCUT2D eigenvalue weighted by atomic mass is 9.84. The lowest BCUT2D eigenvalue weighted by molar-refractivity contribution is 0.0265. The molecule has 0 bridgehead atoms. The molecule has 1 heterocycles. The molecule has 0 amide bonds. The zero-order valence-electron chi connectivity index (χ0n) is 13.9. The van der Waals surface area contributed by atoms with Gasteiger partial charge >= 0.3 is 0 Å². The Hall–Kier alpha value is -0.160. The smallest absolute Gasteiger partial charge is 0.0698 e. The largest absolute Gasteiger partial charge is 0.394 e. The molecule has 2 N–H and O–H groups in total. The maximum absolute atomic E-state index is 9.93. The van der Waals surface area contributed by atoms with Crippen LogP contribution >= 0.6 is 0 Å². The van der Waals surface area contributed by atoms with Gasteiger partial charge in [0.2, 0.25) is 0 Å². The minimum absolute atomic E-state index is 0.00749. The van der Waals surface area contributed by atoms with Crippen molar-refractivity contribution in [3.05, 3.63) is 0 Å². The number of aliphatic hydroxyl groups is 1. The second-order valence-electron chi connectivity index (χ2n) is 6.92. The molecule has 3 atom stereocenters. The molecule has 1 saturated carbocycles. The Morgan fingerprint density at radius 3 is 2.90 bits per heavy atom. The van der Waals surface area contributed by atoms with Gasteiger partial charge in [0.15, 0.2) is 0 Å². The van der Waals surface area contributed by atoms with Gasteiger partial charge in [-0.1, -0.05) is 13.3 Å². The van der Waals surface area contributed by atoms with Crippen LogP contribution in [0.2, 0.25) is 0 Å². The SMILES string of the molecule is CCCNC1(CO)CCCC1CCN1CCCC(OC)C1. The van der Waals surface area contributed by atoms with Crippen molar-refractivity contribution >= 4 is 0 Å². The van der Waals surface area contributed by atoms with E-state index in [1.165, 1.54) is 38.6 Å². The molecule has 124 valence electrons. The van der Waals surface area contributed by atoms with Gasteiger partial charge < -0.3 is 20.1 Å². The summed E-state index contributed by atoms with van der Waals surface area (Å²) in [5, 5.41) is 13.6. The summed E-state index contributed by atoms with van der Waals surface area (Å²) in [6, 6.07) is 0. The first kappa shape index (κ1) is 17.2. The average molecular weight is 298 g/mol. The Bertz CT molecular complexity index is 301.